The van der Waals surface area contributed by atoms with Gasteiger partial charge in [-0.15, -0.1) is 0 Å². The second-order valence-electron chi connectivity index (χ2n) is 6.37. The predicted octanol–water partition coefficient (Wildman–Crippen LogP) is 2.90. The van der Waals surface area contributed by atoms with E-state index in [4.69, 9.17) is 15.2 Å². The highest BCUT2D eigenvalue weighted by molar-refractivity contribution is 5.66. The van der Waals surface area contributed by atoms with Gasteiger partial charge in [-0.05, 0) is 30.2 Å². The zero-order chi connectivity index (χ0) is 18.8. The van der Waals surface area contributed by atoms with Crippen molar-refractivity contribution in [2.45, 2.75) is 12.3 Å². The van der Waals surface area contributed by atoms with Crippen molar-refractivity contribution in [3.63, 3.8) is 0 Å². The van der Waals surface area contributed by atoms with E-state index in [-0.39, 0.29) is 11.7 Å². The van der Waals surface area contributed by atoms with Gasteiger partial charge in [-0.1, -0.05) is 12.1 Å². The molecule has 136 valence electrons. The van der Waals surface area contributed by atoms with Crippen molar-refractivity contribution in [1.29, 1.82) is 5.26 Å². The summed E-state index contributed by atoms with van der Waals surface area (Å²) in [7, 11) is 1.63. The lowest BCUT2D eigenvalue weighted by Gasteiger charge is -2.13. The maximum absolute atomic E-state index is 9.49. The van der Waals surface area contributed by atoms with Gasteiger partial charge >= 0.3 is 0 Å². The highest BCUT2D eigenvalue weighted by Gasteiger charge is 2.24. The van der Waals surface area contributed by atoms with Crippen molar-refractivity contribution in [2.24, 2.45) is 0 Å². The van der Waals surface area contributed by atoms with E-state index in [1.165, 1.54) is 0 Å². The maximum atomic E-state index is 9.49. The molecular formula is C20H19N5O2. The minimum absolute atomic E-state index is 0.160. The number of nitrogen functional groups attached to an aromatic ring is 1. The topological polar surface area (TPSA) is 99.0 Å². The molecule has 0 amide bonds. The predicted molar refractivity (Wildman–Crippen MR) is 101 cm³/mol. The number of anilines is 1. The van der Waals surface area contributed by atoms with Gasteiger partial charge in [0.2, 0.25) is 0 Å². The Bertz CT molecular complexity index is 1020. The number of nitriles is 1. The Labute approximate surface area is 157 Å². The monoisotopic (exact) mass is 361 g/mol. The number of hydrogen-bond donors (Lipinski definition) is 1. The van der Waals surface area contributed by atoms with Crippen molar-refractivity contribution in [3.8, 4) is 28.8 Å². The van der Waals surface area contributed by atoms with Crippen molar-refractivity contribution >= 4 is 5.82 Å². The molecule has 0 spiro atoms. The molecule has 1 aliphatic rings. The molecule has 1 aromatic carbocycles. The van der Waals surface area contributed by atoms with Crippen LogP contribution in [0.3, 0.4) is 0 Å². The molecule has 0 saturated carbocycles. The van der Waals surface area contributed by atoms with E-state index in [1.807, 2.05) is 36.5 Å². The normalized spacial score (nSPS) is 16.2. The van der Waals surface area contributed by atoms with Gasteiger partial charge in [0.1, 0.15) is 23.3 Å². The zero-order valence-electron chi connectivity index (χ0n) is 14.9. The van der Waals surface area contributed by atoms with Gasteiger partial charge in [-0.2, -0.15) is 10.4 Å². The fraction of sp³-hybridized carbons (Fsp3) is 0.250. The number of hydrogen-bond acceptors (Lipinski definition) is 6. The summed E-state index contributed by atoms with van der Waals surface area (Å²) < 4.78 is 12.6. The third-order valence-corrected chi connectivity index (χ3v) is 4.77. The summed E-state index contributed by atoms with van der Waals surface area (Å²) >= 11 is 0. The zero-order valence-corrected chi connectivity index (χ0v) is 14.9. The molecule has 0 unspecified atom stereocenters. The number of benzene rings is 1. The summed E-state index contributed by atoms with van der Waals surface area (Å²) in [5.74, 6) is 1.12. The average molecular weight is 361 g/mol. The van der Waals surface area contributed by atoms with E-state index < -0.39 is 0 Å². The number of ether oxygens (including phenoxy) is 2. The largest absolute Gasteiger partial charge is 0.494 e. The maximum Gasteiger partial charge on any atom is 0.144 e. The van der Waals surface area contributed by atoms with Gasteiger partial charge in [0.05, 0.1) is 31.2 Å². The van der Waals surface area contributed by atoms with Crippen LogP contribution in [0.4, 0.5) is 5.82 Å². The molecule has 1 atom stereocenters. The van der Waals surface area contributed by atoms with Crippen LogP contribution in [-0.4, -0.2) is 35.1 Å². The molecule has 0 radical (unpaired) electrons. The standard InChI is InChI=1S/C20H19N5O2/c1-26-19-5-3-2-4-18(19)25-11-14(10-23-25)17-8-15(13-6-7-27-12-13)16(9-21)20(22)24-17/h2-5,8,10-11,13H,6-7,12H2,1H3,(H2,22,24)/t13-/m0/s1. The Kier molecular flexibility index (Phi) is 4.48. The molecule has 0 aliphatic carbocycles. The first kappa shape index (κ1) is 17.1. The van der Waals surface area contributed by atoms with Gasteiger partial charge in [-0.3, -0.25) is 0 Å². The molecular weight excluding hydrogens is 342 g/mol. The van der Waals surface area contributed by atoms with Crippen molar-refractivity contribution < 1.29 is 9.47 Å². The van der Waals surface area contributed by atoms with E-state index in [0.29, 0.717) is 24.5 Å². The number of aromatic nitrogens is 3. The number of methoxy groups -OCH3 is 1. The number of rotatable bonds is 4. The first-order chi connectivity index (χ1) is 13.2. The number of nitrogens with zero attached hydrogens (tertiary/aromatic N) is 4. The van der Waals surface area contributed by atoms with E-state index in [0.717, 1.165) is 29.0 Å². The molecule has 1 aliphatic heterocycles. The van der Waals surface area contributed by atoms with E-state index in [2.05, 4.69) is 16.2 Å². The Hall–Kier alpha value is -3.37. The minimum Gasteiger partial charge on any atom is -0.494 e. The van der Waals surface area contributed by atoms with Crippen LogP contribution < -0.4 is 10.5 Å². The van der Waals surface area contributed by atoms with Crippen LogP contribution in [0.15, 0.2) is 42.7 Å². The Morgan fingerprint density at radius 3 is 2.96 bits per heavy atom. The first-order valence-electron chi connectivity index (χ1n) is 8.68. The SMILES string of the molecule is COc1ccccc1-n1cc(-c2cc([C@H]3CCOC3)c(C#N)c(N)n2)cn1. The molecule has 27 heavy (non-hydrogen) atoms. The fourth-order valence-electron chi connectivity index (χ4n) is 3.36. The van der Waals surface area contributed by atoms with Crippen LogP contribution in [0.2, 0.25) is 0 Å². The van der Waals surface area contributed by atoms with E-state index in [1.54, 1.807) is 18.0 Å². The van der Waals surface area contributed by atoms with Crippen LogP contribution in [-0.2, 0) is 4.74 Å². The lowest BCUT2D eigenvalue weighted by molar-refractivity contribution is 0.194. The highest BCUT2D eigenvalue weighted by Crippen LogP contribution is 2.33. The number of pyridine rings is 1. The van der Waals surface area contributed by atoms with Crippen LogP contribution in [0.5, 0.6) is 5.75 Å². The van der Waals surface area contributed by atoms with Gasteiger partial charge in [0, 0.05) is 24.3 Å². The molecule has 3 aromatic rings. The molecule has 1 fully saturated rings. The number of para-hydroxylation sites is 2. The molecule has 0 bridgehead atoms. The van der Waals surface area contributed by atoms with Gasteiger partial charge < -0.3 is 15.2 Å². The Balaban J connectivity index is 1.76. The average Bonchev–Trinajstić information content (AvgIpc) is 3.39. The van der Waals surface area contributed by atoms with Gasteiger partial charge in [0.15, 0.2) is 0 Å². The molecule has 7 heteroatoms. The summed E-state index contributed by atoms with van der Waals surface area (Å²) in [6.45, 7) is 1.29. The van der Waals surface area contributed by atoms with Crippen molar-refractivity contribution in [1.82, 2.24) is 14.8 Å². The van der Waals surface area contributed by atoms with E-state index in [9.17, 15) is 5.26 Å². The van der Waals surface area contributed by atoms with Gasteiger partial charge in [-0.25, -0.2) is 9.67 Å². The lowest BCUT2D eigenvalue weighted by atomic mass is 9.93. The van der Waals surface area contributed by atoms with Crippen LogP contribution in [0, 0.1) is 11.3 Å². The van der Waals surface area contributed by atoms with Crippen molar-refractivity contribution in [3.05, 3.63) is 53.9 Å². The Morgan fingerprint density at radius 2 is 2.22 bits per heavy atom. The summed E-state index contributed by atoms with van der Waals surface area (Å²) in [5.41, 5.74) is 9.74. The summed E-state index contributed by atoms with van der Waals surface area (Å²) in [5, 5.41) is 13.9. The number of nitrogens with two attached hydrogens (primary N) is 1. The lowest BCUT2D eigenvalue weighted by Crippen LogP contribution is -2.06. The van der Waals surface area contributed by atoms with Crippen molar-refractivity contribution in [2.75, 3.05) is 26.1 Å². The molecule has 7 nitrogen and oxygen atoms in total. The molecule has 1 saturated heterocycles. The van der Waals surface area contributed by atoms with Crippen LogP contribution in [0.25, 0.3) is 16.9 Å². The van der Waals surface area contributed by atoms with Crippen LogP contribution in [0.1, 0.15) is 23.5 Å². The molecule has 2 aromatic heterocycles. The quantitative estimate of drug-likeness (QED) is 0.767. The van der Waals surface area contributed by atoms with Crippen LogP contribution >= 0.6 is 0 Å². The third kappa shape index (κ3) is 3.11. The molecule has 2 N–H and O–H groups in total. The summed E-state index contributed by atoms with van der Waals surface area (Å²) in [6, 6.07) is 11.8. The third-order valence-electron chi connectivity index (χ3n) is 4.77. The first-order valence-corrected chi connectivity index (χ1v) is 8.68. The smallest absolute Gasteiger partial charge is 0.144 e. The molecule has 3 heterocycles. The fourth-order valence-corrected chi connectivity index (χ4v) is 3.36. The molecule has 4 rings (SSSR count). The van der Waals surface area contributed by atoms with Gasteiger partial charge in [0.25, 0.3) is 0 Å². The second-order valence-corrected chi connectivity index (χ2v) is 6.37. The summed E-state index contributed by atoms with van der Waals surface area (Å²) in [6.07, 6.45) is 4.48. The second kappa shape index (κ2) is 7.09. The Morgan fingerprint density at radius 1 is 1.37 bits per heavy atom. The summed E-state index contributed by atoms with van der Waals surface area (Å²) in [4.78, 5) is 4.43. The highest BCUT2D eigenvalue weighted by atomic mass is 16.5. The van der Waals surface area contributed by atoms with E-state index >= 15 is 0 Å². The minimum atomic E-state index is 0.160.